The molecule has 0 spiro atoms. The lowest BCUT2D eigenvalue weighted by Crippen LogP contribution is -2.32. The molecule has 1 aliphatic rings. The summed E-state index contributed by atoms with van der Waals surface area (Å²) < 4.78 is 6.55. The highest BCUT2D eigenvalue weighted by Gasteiger charge is 2.16. The van der Waals surface area contributed by atoms with Gasteiger partial charge in [0.05, 0.1) is 5.75 Å². The van der Waals surface area contributed by atoms with Crippen molar-refractivity contribution >= 4 is 29.0 Å². The van der Waals surface area contributed by atoms with Gasteiger partial charge in [0.25, 0.3) is 0 Å². The van der Waals surface area contributed by atoms with Crippen molar-refractivity contribution in [3.63, 3.8) is 0 Å². The van der Waals surface area contributed by atoms with Gasteiger partial charge >= 0.3 is 5.69 Å². The van der Waals surface area contributed by atoms with E-state index in [1.165, 1.54) is 34.9 Å². The lowest BCUT2D eigenvalue weighted by Gasteiger charge is -2.32. The molecule has 0 aliphatic carbocycles. The number of ether oxygens (including phenoxy) is 1. The van der Waals surface area contributed by atoms with Gasteiger partial charge in [-0.2, -0.15) is 0 Å². The maximum atomic E-state index is 12.3. The number of methoxy groups -OCH3 is 1. The lowest BCUT2D eigenvalue weighted by molar-refractivity contribution is -0.113. The predicted octanol–water partition coefficient (Wildman–Crippen LogP) is 2.58. The molecule has 1 saturated heterocycles. The quantitative estimate of drug-likeness (QED) is 0.479. The number of anilines is 2. The summed E-state index contributed by atoms with van der Waals surface area (Å²) >= 11 is 1.24. The highest BCUT2D eigenvalue weighted by molar-refractivity contribution is 7.99. The molecule has 0 bridgehead atoms. The second-order valence-corrected chi connectivity index (χ2v) is 8.31. The van der Waals surface area contributed by atoms with E-state index in [9.17, 15) is 9.59 Å². The molecule has 1 fully saturated rings. The van der Waals surface area contributed by atoms with Crippen LogP contribution in [0.3, 0.4) is 0 Å². The third-order valence-corrected chi connectivity index (χ3v) is 6.06. The standard InChI is InChI=1S/C20H29N5O3S/c1-15-8-11-24(12-9-15)17-6-4-16(5-7-17)21-18(26)14-29-20-23-22-19(27)25(20)10-3-13-28-2/h4-7,15H,3,8-14H2,1-2H3,(H,21,26)(H,22,27). The second kappa shape index (κ2) is 10.5. The van der Waals surface area contributed by atoms with Gasteiger partial charge < -0.3 is 15.0 Å². The molecule has 1 amide bonds. The van der Waals surface area contributed by atoms with E-state index in [1.54, 1.807) is 7.11 Å². The van der Waals surface area contributed by atoms with Gasteiger partial charge in [-0.05, 0) is 49.4 Å². The van der Waals surface area contributed by atoms with Crippen LogP contribution < -0.4 is 15.9 Å². The Morgan fingerprint density at radius 2 is 2.03 bits per heavy atom. The fourth-order valence-corrected chi connectivity index (χ4v) is 4.10. The Bertz CT molecular complexity index is 841. The van der Waals surface area contributed by atoms with Gasteiger partial charge in [-0.1, -0.05) is 18.7 Å². The number of aromatic amines is 1. The molecule has 0 unspecified atom stereocenters. The van der Waals surface area contributed by atoms with Crippen molar-refractivity contribution in [2.24, 2.45) is 5.92 Å². The summed E-state index contributed by atoms with van der Waals surface area (Å²) in [6, 6.07) is 7.98. The molecular formula is C20H29N5O3S. The molecule has 9 heteroatoms. The van der Waals surface area contributed by atoms with Gasteiger partial charge in [0.1, 0.15) is 0 Å². The highest BCUT2D eigenvalue weighted by atomic mass is 32.2. The number of nitrogens with zero attached hydrogens (tertiary/aromatic N) is 3. The van der Waals surface area contributed by atoms with Gasteiger partial charge in [0.15, 0.2) is 5.16 Å². The number of H-pyrrole nitrogens is 1. The van der Waals surface area contributed by atoms with E-state index in [2.05, 4.69) is 39.5 Å². The minimum absolute atomic E-state index is 0.131. The van der Waals surface area contributed by atoms with E-state index in [1.807, 2.05) is 12.1 Å². The summed E-state index contributed by atoms with van der Waals surface area (Å²) in [5.41, 5.74) is 1.69. The molecule has 2 N–H and O–H groups in total. The summed E-state index contributed by atoms with van der Waals surface area (Å²) in [5, 5.41) is 9.86. The van der Waals surface area contributed by atoms with Crippen LogP contribution >= 0.6 is 11.8 Å². The molecule has 0 radical (unpaired) electrons. The number of piperidine rings is 1. The molecule has 29 heavy (non-hydrogen) atoms. The van der Waals surface area contributed by atoms with Crippen molar-refractivity contribution in [2.75, 3.05) is 42.8 Å². The number of thioether (sulfide) groups is 1. The first-order chi connectivity index (χ1) is 14.1. The second-order valence-electron chi connectivity index (χ2n) is 7.36. The van der Waals surface area contributed by atoms with Gasteiger partial charge in [-0.25, -0.2) is 9.89 Å². The summed E-state index contributed by atoms with van der Waals surface area (Å²) in [7, 11) is 1.62. The normalized spacial score (nSPS) is 14.9. The van der Waals surface area contributed by atoms with Crippen molar-refractivity contribution in [1.29, 1.82) is 0 Å². The molecule has 1 aromatic heterocycles. The van der Waals surface area contributed by atoms with Crippen molar-refractivity contribution in [3.8, 4) is 0 Å². The number of carbonyl (C=O) groups excluding carboxylic acids is 1. The Morgan fingerprint density at radius 3 is 2.72 bits per heavy atom. The molecule has 2 heterocycles. The zero-order valence-corrected chi connectivity index (χ0v) is 17.8. The third kappa shape index (κ3) is 6.11. The Labute approximate surface area is 175 Å². The lowest BCUT2D eigenvalue weighted by atomic mass is 9.99. The first-order valence-corrected chi connectivity index (χ1v) is 11.0. The van der Waals surface area contributed by atoms with Crippen LogP contribution in [0, 0.1) is 5.92 Å². The number of carbonyl (C=O) groups is 1. The first kappa shape index (κ1) is 21.4. The molecule has 158 valence electrons. The highest BCUT2D eigenvalue weighted by Crippen LogP contribution is 2.24. The van der Waals surface area contributed by atoms with Crippen LogP contribution in [0.25, 0.3) is 0 Å². The SMILES string of the molecule is COCCCn1c(SCC(=O)Nc2ccc(N3CCC(C)CC3)cc2)n[nH]c1=O. The zero-order valence-electron chi connectivity index (χ0n) is 17.0. The van der Waals surface area contributed by atoms with Crippen LogP contribution in [0.2, 0.25) is 0 Å². The van der Waals surface area contributed by atoms with Gasteiger partial charge in [0, 0.05) is 44.7 Å². The molecule has 1 aliphatic heterocycles. The molecule has 0 saturated carbocycles. The maximum absolute atomic E-state index is 12.3. The van der Waals surface area contributed by atoms with E-state index in [0.29, 0.717) is 24.7 Å². The van der Waals surface area contributed by atoms with E-state index in [-0.39, 0.29) is 17.3 Å². The molecule has 0 atom stereocenters. The summed E-state index contributed by atoms with van der Waals surface area (Å²) in [6.07, 6.45) is 3.15. The van der Waals surface area contributed by atoms with Crippen molar-refractivity contribution in [3.05, 3.63) is 34.7 Å². The summed E-state index contributed by atoms with van der Waals surface area (Å²) in [4.78, 5) is 26.5. The van der Waals surface area contributed by atoms with E-state index >= 15 is 0 Å². The van der Waals surface area contributed by atoms with Gasteiger partial charge in [-0.3, -0.25) is 9.36 Å². The Kier molecular flexibility index (Phi) is 7.76. The monoisotopic (exact) mass is 419 g/mol. The minimum Gasteiger partial charge on any atom is -0.385 e. The topological polar surface area (TPSA) is 92.2 Å². The number of rotatable bonds is 9. The Hall–Kier alpha value is -2.26. The number of nitrogens with one attached hydrogen (secondary N) is 2. The largest absolute Gasteiger partial charge is 0.385 e. The number of amides is 1. The number of benzene rings is 1. The fourth-order valence-electron chi connectivity index (χ4n) is 3.33. The van der Waals surface area contributed by atoms with Crippen LogP contribution in [-0.4, -0.2) is 53.2 Å². The predicted molar refractivity (Wildman–Crippen MR) is 116 cm³/mol. The van der Waals surface area contributed by atoms with Gasteiger partial charge in [0.2, 0.25) is 5.91 Å². The van der Waals surface area contributed by atoms with E-state index in [4.69, 9.17) is 4.74 Å². The number of hydrogen-bond acceptors (Lipinski definition) is 6. The summed E-state index contributed by atoms with van der Waals surface area (Å²) in [6.45, 7) is 5.53. The molecule has 1 aromatic carbocycles. The van der Waals surface area contributed by atoms with Crippen molar-refractivity contribution < 1.29 is 9.53 Å². The average molecular weight is 420 g/mol. The van der Waals surface area contributed by atoms with Crippen LogP contribution in [0.1, 0.15) is 26.2 Å². The van der Waals surface area contributed by atoms with E-state index in [0.717, 1.165) is 24.7 Å². The minimum atomic E-state index is -0.272. The van der Waals surface area contributed by atoms with Crippen LogP contribution in [0.4, 0.5) is 11.4 Å². The van der Waals surface area contributed by atoms with Crippen molar-refractivity contribution in [2.45, 2.75) is 37.9 Å². The Morgan fingerprint density at radius 1 is 1.31 bits per heavy atom. The Balaban J connectivity index is 1.49. The maximum Gasteiger partial charge on any atom is 0.343 e. The van der Waals surface area contributed by atoms with Gasteiger partial charge in [-0.15, -0.1) is 5.10 Å². The molecule has 2 aromatic rings. The fraction of sp³-hybridized carbons (Fsp3) is 0.550. The number of aromatic nitrogens is 3. The molecule has 3 rings (SSSR count). The van der Waals surface area contributed by atoms with E-state index < -0.39 is 0 Å². The van der Waals surface area contributed by atoms with Crippen molar-refractivity contribution in [1.82, 2.24) is 14.8 Å². The smallest absolute Gasteiger partial charge is 0.343 e. The third-order valence-electron chi connectivity index (χ3n) is 5.09. The average Bonchev–Trinajstić information content (AvgIpc) is 3.08. The van der Waals surface area contributed by atoms with Crippen LogP contribution in [0.15, 0.2) is 34.2 Å². The van der Waals surface area contributed by atoms with Crippen LogP contribution in [0.5, 0.6) is 0 Å². The number of hydrogen-bond donors (Lipinski definition) is 2. The zero-order chi connectivity index (χ0) is 20.6. The molecular weight excluding hydrogens is 390 g/mol. The van der Waals surface area contributed by atoms with Crippen LogP contribution in [-0.2, 0) is 16.1 Å². The molecule has 8 nitrogen and oxygen atoms in total. The summed E-state index contributed by atoms with van der Waals surface area (Å²) in [5.74, 6) is 0.849. The first-order valence-electron chi connectivity index (χ1n) is 9.98.